The van der Waals surface area contributed by atoms with Crippen LogP contribution in [0.4, 0.5) is 5.69 Å². The van der Waals surface area contributed by atoms with Gasteiger partial charge in [0.05, 0.1) is 5.56 Å². The highest BCUT2D eigenvalue weighted by Gasteiger charge is 2.10. The van der Waals surface area contributed by atoms with Gasteiger partial charge in [0.15, 0.2) is 0 Å². The molecule has 0 bridgehead atoms. The average Bonchev–Trinajstić information content (AvgIpc) is 2.82. The summed E-state index contributed by atoms with van der Waals surface area (Å²) in [7, 11) is 0. The lowest BCUT2D eigenvalue weighted by Gasteiger charge is -2.07. The Morgan fingerprint density at radius 1 is 0.969 bits per heavy atom. The van der Waals surface area contributed by atoms with Crippen LogP contribution in [0.1, 0.15) is 34.0 Å². The van der Waals surface area contributed by atoms with Gasteiger partial charge in [0.2, 0.25) is 0 Å². The fourth-order valence-corrected chi connectivity index (χ4v) is 2.91. The lowest BCUT2D eigenvalue weighted by Crippen LogP contribution is -2.13. The number of benzene rings is 3. The van der Waals surface area contributed by atoms with E-state index in [1.54, 1.807) is 36.4 Å². The molecule has 6 heteroatoms. The van der Waals surface area contributed by atoms with E-state index < -0.39 is 11.9 Å². The fourth-order valence-electron chi connectivity index (χ4n) is 2.91. The lowest BCUT2D eigenvalue weighted by molar-refractivity contribution is -0.112. The number of amides is 1. The summed E-state index contributed by atoms with van der Waals surface area (Å²) >= 11 is 0. The number of carbonyl (C=O) groups is 2. The first-order valence-electron chi connectivity index (χ1n) is 10.1. The number of carbonyl (C=O) groups excluding carboxylic acids is 1. The molecule has 3 rings (SSSR count). The molecule has 3 aromatic rings. The summed E-state index contributed by atoms with van der Waals surface area (Å²) in [5.41, 5.74) is 3.55. The van der Waals surface area contributed by atoms with Gasteiger partial charge in [-0.05, 0) is 65.6 Å². The van der Waals surface area contributed by atoms with Gasteiger partial charge in [-0.3, -0.25) is 4.79 Å². The molecule has 6 nitrogen and oxygen atoms in total. The molecule has 32 heavy (non-hydrogen) atoms. The Bertz CT molecular complexity index is 1160. The van der Waals surface area contributed by atoms with Gasteiger partial charge in [-0.25, -0.2) is 4.79 Å². The zero-order valence-electron chi connectivity index (χ0n) is 17.5. The van der Waals surface area contributed by atoms with Crippen molar-refractivity contribution in [1.82, 2.24) is 0 Å². The smallest absolute Gasteiger partial charge is 0.335 e. The number of nitrogens with one attached hydrogen (secondary N) is 1. The molecule has 160 valence electrons. The Hall–Kier alpha value is -4.37. The monoisotopic (exact) mass is 426 g/mol. The number of aromatic carboxylic acids is 1. The van der Waals surface area contributed by atoms with Gasteiger partial charge in [-0.15, -0.1) is 0 Å². The maximum atomic E-state index is 12.4. The summed E-state index contributed by atoms with van der Waals surface area (Å²) in [6.45, 7) is 2.34. The highest BCUT2D eigenvalue weighted by Crippen LogP contribution is 2.17. The van der Waals surface area contributed by atoms with Crippen molar-refractivity contribution >= 4 is 23.6 Å². The Morgan fingerprint density at radius 2 is 1.59 bits per heavy atom. The molecule has 1 amide bonds. The molecule has 0 aliphatic heterocycles. The summed E-state index contributed by atoms with van der Waals surface area (Å²) < 4.78 is 5.71. The minimum atomic E-state index is -0.971. The number of nitriles is 1. The zero-order valence-corrected chi connectivity index (χ0v) is 17.5. The summed E-state index contributed by atoms with van der Waals surface area (Å²) in [5.74, 6) is -0.828. The summed E-state index contributed by atoms with van der Waals surface area (Å²) in [5, 5.41) is 21.1. The van der Waals surface area contributed by atoms with Crippen LogP contribution in [0.15, 0.2) is 78.4 Å². The molecule has 0 aromatic heterocycles. The van der Waals surface area contributed by atoms with E-state index in [1.165, 1.54) is 23.8 Å². The average molecular weight is 426 g/mol. The van der Waals surface area contributed by atoms with Crippen LogP contribution in [-0.4, -0.2) is 17.0 Å². The van der Waals surface area contributed by atoms with Gasteiger partial charge < -0.3 is 15.2 Å². The summed E-state index contributed by atoms with van der Waals surface area (Å²) in [6.07, 6.45) is 2.43. The van der Waals surface area contributed by atoms with E-state index in [9.17, 15) is 14.9 Å². The quantitative estimate of drug-likeness (QED) is 0.387. The van der Waals surface area contributed by atoms with Crippen molar-refractivity contribution in [3.63, 3.8) is 0 Å². The van der Waals surface area contributed by atoms with Crippen LogP contribution in [0.2, 0.25) is 0 Å². The Balaban J connectivity index is 1.61. The fraction of sp³-hybridized carbons (Fsp3) is 0.115. The lowest BCUT2D eigenvalue weighted by atomic mass is 10.1. The van der Waals surface area contributed by atoms with Crippen LogP contribution in [0, 0.1) is 11.3 Å². The predicted molar refractivity (Wildman–Crippen MR) is 122 cm³/mol. The molecule has 0 aliphatic carbocycles. The topological polar surface area (TPSA) is 99.4 Å². The van der Waals surface area contributed by atoms with Crippen LogP contribution in [-0.2, 0) is 17.8 Å². The summed E-state index contributed by atoms with van der Waals surface area (Å²) in [4.78, 5) is 23.3. The standard InChI is InChI=1S/C26H22N2O4/c1-2-18-5-11-23(12-6-18)28-25(29)22(16-27)15-19-7-13-24(14-8-19)32-17-20-3-9-21(10-4-20)26(30)31/h3-15H,2,17H2,1H3,(H,28,29)(H,30,31)/b22-15+. The number of nitrogens with zero attached hydrogens (tertiary/aromatic N) is 1. The first-order chi connectivity index (χ1) is 15.5. The number of carboxylic acid groups (broad SMARTS) is 1. The number of carboxylic acids is 1. The van der Waals surface area contributed by atoms with Crippen LogP contribution in [0.25, 0.3) is 6.08 Å². The van der Waals surface area contributed by atoms with Crippen LogP contribution < -0.4 is 10.1 Å². The third-order valence-electron chi connectivity index (χ3n) is 4.78. The molecule has 0 saturated heterocycles. The van der Waals surface area contributed by atoms with Crippen molar-refractivity contribution in [3.8, 4) is 11.8 Å². The second kappa shape index (κ2) is 10.6. The van der Waals surface area contributed by atoms with Crippen LogP contribution in [0.5, 0.6) is 5.75 Å². The van der Waals surface area contributed by atoms with Gasteiger partial charge in [0, 0.05) is 5.69 Å². The van der Waals surface area contributed by atoms with Crippen molar-refractivity contribution in [3.05, 3.63) is 101 Å². The van der Waals surface area contributed by atoms with E-state index in [4.69, 9.17) is 9.84 Å². The second-order valence-electron chi connectivity index (χ2n) is 7.03. The molecule has 0 saturated carbocycles. The van der Waals surface area contributed by atoms with Gasteiger partial charge >= 0.3 is 5.97 Å². The number of hydrogen-bond donors (Lipinski definition) is 2. The molecule has 0 aliphatic rings. The van der Waals surface area contributed by atoms with Crippen molar-refractivity contribution in [1.29, 1.82) is 5.26 Å². The SMILES string of the molecule is CCc1ccc(NC(=O)/C(C#N)=C/c2ccc(OCc3ccc(C(=O)O)cc3)cc2)cc1. The van der Waals surface area contributed by atoms with E-state index in [-0.39, 0.29) is 17.7 Å². The van der Waals surface area contributed by atoms with Gasteiger partial charge in [-0.2, -0.15) is 5.26 Å². The molecule has 3 aromatic carbocycles. The first-order valence-corrected chi connectivity index (χ1v) is 10.1. The molecule has 0 fully saturated rings. The maximum Gasteiger partial charge on any atom is 0.335 e. The van der Waals surface area contributed by atoms with Crippen molar-refractivity contribution in [2.24, 2.45) is 0 Å². The zero-order chi connectivity index (χ0) is 22.9. The number of anilines is 1. The molecule has 0 unspecified atom stereocenters. The molecule has 0 spiro atoms. The highest BCUT2D eigenvalue weighted by atomic mass is 16.5. The maximum absolute atomic E-state index is 12.4. The van der Waals surface area contributed by atoms with Gasteiger partial charge in [0.1, 0.15) is 24.0 Å². The van der Waals surface area contributed by atoms with Crippen LogP contribution >= 0.6 is 0 Å². The molecule has 0 atom stereocenters. The number of ether oxygens (including phenoxy) is 1. The Labute approximate surface area is 186 Å². The van der Waals surface area contributed by atoms with E-state index in [0.717, 1.165) is 12.0 Å². The molecule has 2 N–H and O–H groups in total. The minimum Gasteiger partial charge on any atom is -0.489 e. The summed E-state index contributed by atoms with van der Waals surface area (Å²) in [6, 6.07) is 22.9. The Morgan fingerprint density at radius 3 is 2.16 bits per heavy atom. The Kier molecular flexibility index (Phi) is 7.39. The number of rotatable bonds is 8. The second-order valence-corrected chi connectivity index (χ2v) is 7.03. The van der Waals surface area contributed by atoms with Crippen molar-refractivity contribution < 1.29 is 19.4 Å². The number of aryl methyl sites for hydroxylation is 1. The van der Waals surface area contributed by atoms with Crippen LogP contribution in [0.3, 0.4) is 0 Å². The largest absolute Gasteiger partial charge is 0.489 e. The minimum absolute atomic E-state index is 0.00300. The highest BCUT2D eigenvalue weighted by molar-refractivity contribution is 6.09. The van der Waals surface area contributed by atoms with E-state index in [0.29, 0.717) is 17.0 Å². The number of hydrogen-bond acceptors (Lipinski definition) is 4. The van der Waals surface area contributed by atoms with E-state index in [2.05, 4.69) is 12.2 Å². The van der Waals surface area contributed by atoms with Crippen molar-refractivity contribution in [2.75, 3.05) is 5.32 Å². The normalized spacial score (nSPS) is 10.8. The molecule has 0 radical (unpaired) electrons. The van der Waals surface area contributed by atoms with Crippen molar-refractivity contribution in [2.45, 2.75) is 20.0 Å². The molecular formula is C26H22N2O4. The van der Waals surface area contributed by atoms with E-state index >= 15 is 0 Å². The van der Waals surface area contributed by atoms with Gasteiger partial charge in [-0.1, -0.05) is 43.3 Å². The molecular weight excluding hydrogens is 404 g/mol. The predicted octanol–water partition coefficient (Wildman–Crippen LogP) is 5.07. The third-order valence-corrected chi connectivity index (χ3v) is 4.78. The van der Waals surface area contributed by atoms with E-state index in [1.807, 2.05) is 30.3 Å². The molecule has 0 heterocycles. The van der Waals surface area contributed by atoms with Gasteiger partial charge in [0.25, 0.3) is 5.91 Å². The third kappa shape index (κ3) is 6.07. The first kappa shape index (κ1) is 22.3.